The Hall–Kier alpha value is -0.250. The highest BCUT2D eigenvalue weighted by molar-refractivity contribution is 9.10. The zero-order chi connectivity index (χ0) is 11.4. The number of rotatable bonds is 3. The van der Waals surface area contributed by atoms with E-state index in [1.165, 1.54) is 12.0 Å². The first kappa shape index (κ1) is 14.8. The average Bonchev–Trinajstić information content (AvgIpc) is 2.33. The van der Waals surface area contributed by atoms with Gasteiger partial charge in [0, 0.05) is 6.54 Å². The lowest BCUT2D eigenvalue weighted by atomic mass is 10.1. The van der Waals surface area contributed by atoms with Crippen LogP contribution < -0.4 is 10.1 Å². The molecule has 2 nitrogen and oxygen atoms in total. The van der Waals surface area contributed by atoms with Crippen molar-refractivity contribution >= 4 is 28.3 Å². The van der Waals surface area contributed by atoms with Crippen molar-refractivity contribution in [1.29, 1.82) is 0 Å². The van der Waals surface area contributed by atoms with E-state index in [-0.39, 0.29) is 12.4 Å². The molecule has 0 aromatic heterocycles. The summed E-state index contributed by atoms with van der Waals surface area (Å²) in [7, 11) is 0. The molecule has 0 amide bonds. The van der Waals surface area contributed by atoms with E-state index >= 15 is 0 Å². The predicted molar refractivity (Wildman–Crippen MR) is 77.3 cm³/mol. The van der Waals surface area contributed by atoms with E-state index < -0.39 is 0 Å². The van der Waals surface area contributed by atoms with Crippen molar-refractivity contribution in [3.05, 3.63) is 28.2 Å². The first-order valence-corrected chi connectivity index (χ1v) is 6.74. The van der Waals surface area contributed by atoms with Gasteiger partial charge in [0.05, 0.1) is 4.47 Å². The van der Waals surface area contributed by atoms with Gasteiger partial charge in [-0.25, -0.2) is 0 Å². The van der Waals surface area contributed by atoms with Crippen LogP contribution in [0, 0.1) is 0 Å². The fraction of sp³-hybridized carbons (Fsp3) is 0.538. The molecule has 2 rings (SSSR count). The van der Waals surface area contributed by atoms with Crippen molar-refractivity contribution < 1.29 is 4.74 Å². The summed E-state index contributed by atoms with van der Waals surface area (Å²) in [4.78, 5) is 0. The number of aryl methyl sites for hydroxylation is 1. The van der Waals surface area contributed by atoms with Gasteiger partial charge in [-0.15, -0.1) is 12.4 Å². The van der Waals surface area contributed by atoms with Crippen LogP contribution in [0.15, 0.2) is 22.7 Å². The third kappa shape index (κ3) is 4.16. The Morgan fingerprint density at radius 3 is 2.88 bits per heavy atom. The van der Waals surface area contributed by atoms with Crippen LogP contribution in [-0.4, -0.2) is 19.2 Å². The summed E-state index contributed by atoms with van der Waals surface area (Å²) in [6, 6.07) is 6.35. The van der Waals surface area contributed by atoms with Gasteiger partial charge in [0.15, 0.2) is 0 Å². The number of hydrogen-bond acceptors (Lipinski definition) is 2. The van der Waals surface area contributed by atoms with E-state index in [0.717, 1.165) is 36.2 Å². The van der Waals surface area contributed by atoms with Crippen LogP contribution in [0.1, 0.15) is 25.3 Å². The highest BCUT2D eigenvalue weighted by Gasteiger charge is 2.15. The van der Waals surface area contributed by atoms with E-state index in [1.807, 2.05) is 0 Å². The quantitative estimate of drug-likeness (QED) is 0.919. The predicted octanol–water partition coefficient (Wildman–Crippen LogP) is 3.56. The smallest absolute Gasteiger partial charge is 0.133 e. The van der Waals surface area contributed by atoms with Crippen molar-refractivity contribution in [1.82, 2.24) is 5.32 Å². The molecular weight excluding hydrogens is 302 g/mol. The van der Waals surface area contributed by atoms with Crippen molar-refractivity contribution in [2.24, 2.45) is 0 Å². The number of hydrogen-bond donors (Lipinski definition) is 1. The normalized spacial score (nSPS) is 19.5. The van der Waals surface area contributed by atoms with Crippen LogP contribution in [0.25, 0.3) is 0 Å². The highest BCUT2D eigenvalue weighted by Crippen LogP contribution is 2.28. The second-order valence-corrected chi connectivity index (χ2v) is 5.06. The Morgan fingerprint density at radius 1 is 1.47 bits per heavy atom. The van der Waals surface area contributed by atoms with Gasteiger partial charge >= 0.3 is 0 Å². The molecular formula is C13H19BrClNO. The van der Waals surface area contributed by atoms with Crippen LogP contribution in [0.5, 0.6) is 5.75 Å². The molecule has 0 bridgehead atoms. The van der Waals surface area contributed by atoms with Crippen molar-refractivity contribution in [3.63, 3.8) is 0 Å². The van der Waals surface area contributed by atoms with E-state index in [0.29, 0.717) is 6.10 Å². The van der Waals surface area contributed by atoms with Crippen LogP contribution in [0.2, 0.25) is 0 Å². The number of nitrogens with one attached hydrogen (secondary N) is 1. The molecule has 1 N–H and O–H groups in total. The topological polar surface area (TPSA) is 21.3 Å². The van der Waals surface area contributed by atoms with Gasteiger partial charge in [0.2, 0.25) is 0 Å². The monoisotopic (exact) mass is 319 g/mol. The van der Waals surface area contributed by atoms with Crippen LogP contribution in [0.3, 0.4) is 0 Å². The van der Waals surface area contributed by atoms with Crippen molar-refractivity contribution in [3.8, 4) is 5.75 Å². The van der Waals surface area contributed by atoms with Gasteiger partial charge in [-0.2, -0.15) is 0 Å². The molecule has 1 aromatic carbocycles. The molecule has 1 heterocycles. The Morgan fingerprint density at radius 2 is 2.29 bits per heavy atom. The molecule has 1 fully saturated rings. The molecule has 1 aliphatic heterocycles. The summed E-state index contributed by atoms with van der Waals surface area (Å²) in [6.07, 6.45) is 3.73. The zero-order valence-electron chi connectivity index (χ0n) is 10.0. The second kappa shape index (κ2) is 7.24. The molecule has 0 spiro atoms. The number of halogens is 2. The molecule has 0 aliphatic carbocycles. The summed E-state index contributed by atoms with van der Waals surface area (Å²) >= 11 is 3.57. The molecule has 1 saturated heterocycles. The van der Waals surface area contributed by atoms with E-state index in [1.54, 1.807) is 0 Å². The SMILES string of the molecule is CCc1ccc(OC2CCCNC2)c(Br)c1.Cl. The molecule has 96 valence electrons. The fourth-order valence-electron chi connectivity index (χ4n) is 1.96. The van der Waals surface area contributed by atoms with Crippen LogP contribution >= 0.6 is 28.3 Å². The third-order valence-electron chi connectivity index (χ3n) is 2.95. The Labute approximate surface area is 118 Å². The Bertz CT molecular complexity index is 353. The molecule has 0 saturated carbocycles. The lowest BCUT2D eigenvalue weighted by Crippen LogP contribution is -2.37. The van der Waals surface area contributed by atoms with E-state index in [4.69, 9.17) is 4.74 Å². The van der Waals surface area contributed by atoms with E-state index in [2.05, 4.69) is 46.4 Å². The van der Waals surface area contributed by atoms with Gasteiger partial charge in [-0.1, -0.05) is 13.0 Å². The van der Waals surface area contributed by atoms with Crippen LogP contribution in [0.4, 0.5) is 0 Å². The Balaban J connectivity index is 0.00000144. The zero-order valence-corrected chi connectivity index (χ0v) is 12.4. The second-order valence-electron chi connectivity index (χ2n) is 4.20. The van der Waals surface area contributed by atoms with Crippen LogP contribution in [-0.2, 0) is 6.42 Å². The van der Waals surface area contributed by atoms with Gasteiger partial charge < -0.3 is 10.1 Å². The van der Waals surface area contributed by atoms with Gasteiger partial charge in [-0.3, -0.25) is 0 Å². The number of piperidine rings is 1. The first-order valence-electron chi connectivity index (χ1n) is 5.95. The Kier molecular flexibility index (Phi) is 6.31. The molecule has 0 radical (unpaired) electrons. The standard InChI is InChI=1S/C13H18BrNO.ClH/c1-2-10-5-6-13(12(14)8-10)16-11-4-3-7-15-9-11;/h5-6,8,11,15H,2-4,7,9H2,1H3;1H. The van der Waals surface area contributed by atoms with Gasteiger partial charge in [0.1, 0.15) is 11.9 Å². The third-order valence-corrected chi connectivity index (χ3v) is 3.57. The minimum Gasteiger partial charge on any atom is -0.488 e. The van der Waals surface area contributed by atoms with Gasteiger partial charge in [0.25, 0.3) is 0 Å². The molecule has 1 unspecified atom stereocenters. The molecule has 1 atom stereocenters. The summed E-state index contributed by atoms with van der Waals surface area (Å²) in [5, 5.41) is 3.36. The summed E-state index contributed by atoms with van der Waals surface area (Å²) in [6.45, 7) is 4.24. The van der Waals surface area contributed by atoms with E-state index in [9.17, 15) is 0 Å². The molecule has 4 heteroatoms. The summed E-state index contributed by atoms with van der Waals surface area (Å²) < 4.78 is 7.04. The minimum atomic E-state index is 0. The number of benzene rings is 1. The number of ether oxygens (including phenoxy) is 1. The molecule has 17 heavy (non-hydrogen) atoms. The lowest BCUT2D eigenvalue weighted by Gasteiger charge is -2.24. The van der Waals surface area contributed by atoms with Crippen molar-refractivity contribution in [2.45, 2.75) is 32.3 Å². The average molecular weight is 321 g/mol. The lowest BCUT2D eigenvalue weighted by molar-refractivity contribution is 0.166. The fourth-order valence-corrected chi connectivity index (χ4v) is 2.48. The summed E-state index contributed by atoms with van der Waals surface area (Å²) in [5.41, 5.74) is 1.33. The largest absolute Gasteiger partial charge is 0.488 e. The van der Waals surface area contributed by atoms with Crippen molar-refractivity contribution in [2.75, 3.05) is 13.1 Å². The maximum atomic E-state index is 5.98. The summed E-state index contributed by atoms with van der Waals surface area (Å²) in [5.74, 6) is 0.964. The maximum absolute atomic E-state index is 5.98. The minimum absolute atomic E-state index is 0. The molecule has 1 aliphatic rings. The highest BCUT2D eigenvalue weighted by atomic mass is 79.9. The van der Waals surface area contributed by atoms with Gasteiger partial charge in [-0.05, 0) is 59.4 Å². The molecule has 1 aromatic rings. The maximum Gasteiger partial charge on any atom is 0.133 e. The first-order chi connectivity index (χ1) is 7.79.